The van der Waals surface area contributed by atoms with Crippen LogP contribution < -0.4 is 4.74 Å². The molecule has 17 heavy (non-hydrogen) atoms. The van der Waals surface area contributed by atoms with Gasteiger partial charge in [0.2, 0.25) is 0 Å². The third kappa shape index (κ3) is 3.85. The highest BCUT2D eigenvalue weighted by Gasteiger charge is 2.08. The van der Waals surface area contributed by atoms with Gasteiger partial charge in [0.05, 0.1) is 23.1 Å². The highest BCUT2D eigenvalue weighted by molar-refractivity contribution is 9.10. The van der Waals surface area contributed by atoms with Gasteiger partial charge in [0, 0.05) is 19.7 Å². The van der Waals surface area contributed by atoms with Crippen LogP contribution in [0.2, 0.25) is 0 Å². The molecule has 5 heteroatoms. The largest absolute Gasteiger partial charge is 0.493 e. The Morgan fingerprint density at radius 1 is 1.47 bits per heavy atom. The van der Waals surface area contributed by atoms with Crippen LogP contribution >= 0.6 is 15.9 Å². The van der Waals surface area contributed by atoms with Crippen LogP contribution in [0.4, 0.5) is 5.69 Å². The van der Waals surface area contributed by atoms with E-state index in [4.69, 9.17) is 4.74 Å². The molecule has 92 valence electrons. The molecule has 0 spiro atoms. The molecule has 0 aliphatic carbocycles. The molecule has 0 aliphatic rings. The summed E-state index contributed by atoms with van der Waals surface area (Å²) in [6.07, 6.45) is 2.42. The molecule has 0 aliphatic heterocycles. The van der Waals surface area contributed by atoms with E-state index in [1.54, 1.807) is 23.4 Å². The Morgan fingerprint density at radius 3 is 2.71 bits per heavy atom. The van der Waals surface area contributed by atoms with Crippen LogP contribution in [0.3, 0.4) is 0 Å². The Labute approximate surface area is 109 Å². The smallest absolute Gasteiger partial charge is 0.152 e. The maximum Gasteiger partial charge on any atom is 0.152 e. The molecule has 0 atom stereocenters. The van der Waals surface area contributed by atoms with E-state index in [-0.39, 0.29) is 0 Å². The van der Waals surface area contributed by atoms with E-state index in [2.05, 4.69) is 20.9 Å². The van der Waals surface area contributed by atoms with Crippen molar-refractivity contribution in [2.24, 2.45) is 4.99 Å². The highest BCUT2D eigenvalue weighted by atomic mass is 79.9. The molecule has 0 amide bonds. The summed E-state index contributed by atoms with van der Waals surface area (Å²) >= 11 is 3.39. The summed E-state index contributed by atoms with van der Waals surface area (Å²) in [6, 6.07) is 3.46. The number of carbonyl (C=O) groups is 1. The third-order valence-electron chi connectivity index (χ3n) is 1.94. The van der Waals surface area contributed by atoms with E-state index in [9.17, 15) is 4.79 Å². The predicted molar refractivity (Wildman–Crippen MR) is 72.5 cm³/mol. The van der Waals surface area contributed by atoms with Crippen LogP contribution in [-0.2, 0) is 0 Å². The summed E-state index contributed by atoms with van der Waals surface area (Å²) in [4.78, 5) is 17.0. The Balaban J connectivity index is 3.14. The van der Waals surface area contributed by atoms with Gasteiger partial charge in [0.1, 0.15) is 5.75 Å². The Kier molecular flexibility index (Phi) is 5.15. The number of hydrogen-bond acceptors (Lipinski definition) is 3. The number of carbonyl (C=O) groups excluding carboxylic acids is 1. The Morgan fingerprint density at radius 2 is 2.18 bits per heavy atom. The minimum Gasteiger partial charge on any atom is -0.493 e. The van der Waals surface area contributed by atoms with Crippen molar-refractivity contribution in [1.29, 1.82) is 0 Å². The third-order valence-corrected chi connectivity index (χ3v) is 2.56. The topological polar surface area (TPSA) is 41.9 Å². The van der Waals surface area contributed by atoms with E-state index >= 15 is 0 Å². The van der Waals surface area contributed by atoms with Crippen molar-refractivity contribution in [3.8, 4) is 5.75 Å². The quantitative estimate of drug-likeness (QED) is 0.477. The monoisotopic (exact) mass is 298 g/mol. The number of nitrogens with zero attached hydrogens (tertiary/aromatic N) is 2. The number of aliphatic imine (C=N–C) groups is 1. The molecule has 0 N–H and O–H groups in total. The number of rotatable bonds is 5. The van der Waals surface area contributed by atoms with Gasteiger partial charge < -0.3 is 9.64 Å². The Hall–Kier alpha value is -1.36. The lowest BCUT2D eigenvalue weighted by Crippen LogP contribution is -2.07. The second-order valence-electron chi connectivity index (χ2n) is 3.60. The molecular weight excluding hydrogens is 284 g/mol. The van der Waals surface area contributed by atoms with Crippen molar-refractivity contribution in [2.75, 3.05) is 20.7 Å². The number of aldehydes is 1. The van der Waals surface area contributed by atoms with Gasteiger partial charge in [0.15, 0.2) is 6.29 Å². The number of hydrogen-bond donors (Lipinski definition) is 0. The lowest BCUT2D eigenvalue weighted by Gasteiger charge is -2.09. The van der Waals surface area contributed by atoms with E-state index in [0.717, 1.165) is 10.8 Å². The van der Waals surface area contributed by atoms with Crippen molar-refractivity contribution in [1.82, 2.24) is 4.90 Å². The SMILES string of the molecule is CCOc1cc(C=O)c(N=CN(C)C)cc1Br. The van der Waals surface area contributed by atoms with Crippen LogP contribution in [0.15, 0.2) is 21.6 Å². The fourth-order valence-corrected chi connectivity index (χ4v) is 1.65. The predicted octanol–water partition coefficient (Wildman–Crippen LogP) is 2.88. The molecule has 0 unspecified atom stereocenters. The summed E-state index contributed by atoms with van der Waals surface area (Å²) in [5, 5.41) is 0. The minimum atomic E-state index is 0.509. The zero-order chi connectivity index (χ0) is 12.8. The van der Waals surface area contributed by atoms with E-state index in [1.807, 2.05) is 21.0 Å². The number of halogens is 1. The maximum atomic E-state index is 11.0. The Bertz CT molecular complexity index is 431. The van der Waals surface area contributed by atoms with Gasteiger partial charge >= 0.3 is 0 Å². The van der Waals surface area contributed by atoms with Gasteiger partial charge in [-0.25, -0.2) is 4.99 Å². The lowest BCUT2D eigenvalue weighted by atomic mass is 10.2. The number of benzene rings is 1. The second-order valence-corrected chi connectivity index (χ2v) is 4.45. The summed E-state index contributed by atoms with van der Waals surface area (Å²) in [7, 11) is 3.74. The van der Waals surface area contributed by atoms with Gasteiger partial charge in [-0.3, -0.25) is 4.79 Å². The zero-order valence-corrected chi connectivity index (χ0v) is 11.7. The molecule has 0 bridgehead atoms. The van der Waals surface area contributed by atoms with Crippen LogP contribution in [0.5, 0.6) is 5.75 Å². The molecular formula is C12H15BrN2O2. The van der Waals surface area contributed by atoms with Crippen LogP contribution in [-0.4, -0.2) is 38.2 Å². The van der Waals surface area contributed by atoms with Gasteiger partial charge in [-0.15, -0.1) is 0 Å². The fourth-order valence-electron chi connectivity index (χ4n) is 1.21. The van der Waals surface area contributed by atoms with Gasteiger partial charge in [0.25, 0.3) is 0 Å². The zero-order valence-electron chi connectivity index (χ0n) is 10.1. The standard InChI is InChI=1S/C12H15BrN2O2/c1-4-17-12-5-9(7-16)11(6-10(12)13)14-8-15(2)3/h5-8H,4H2,1-3H3. The average molecular weight is 299 g/mol. The average Bonchev–Trinajstić information content (AvgIpc) is 2.29. The summed E-state index contributed by atoms with van der Waals surface area (Å²) in [5.74, 6) is 0.651. The first kappa shape index (κ1) is 13.7. The minimum absolute atomic E-state index is 0.509. The summed E-state index contributed by atoms with van der Waals surface area (Å²) in [6.45, 7) is 2.45. The van der Waals surface area contributed by atoms with Crippen LogP contribution in [0.25, 0.3) is 0 Å². The maximum absolute atomic E-state index is 11.0. The molecule has 1 aromatic rings. The second kappa shape index (κ2) is 6.39. The molecule has 4 nitrogen and oxygen atoms in total. The first-order chi connectivity index (χ1) is 8.08. The van der Waals surface area contributed by atoms with E-state index < -0.39 is 0 Å². The molecule has 0 radical (unpaired) electrons. The molecule has 1 rings (SSSR count). The first-order valence-electron chi connectivity index (χ1n) is 5.20. The van der Waals surface area contributed by atoms with Crippen molar-refractivity contribution >= 4 is 34.2 Å². The van der Waals surface area contributed by atoms with Crippen molar-refractivity contribution in [3.63, 3.8) is 0 Å². The van der Waals surface area contributed by atoms with E-state index in [0.29, 0.717) is 23.6 Å². The normalized spacial score (nSPS) is 10.6. The fraction of sp³-hybridized carbons (Fsp3) is 0.333. The van der Waals surface area contributed by atoms with Crippen molar-refractivity contribution in [3.05, 3.63) is 22.2 Å². The van der Waals surface area contributed by atoms with Crippen LogP contribution in [0, 0.1) is 0 Å². The summed E-state index contributed by atoms with van der Waals surface area (Å²) in [5.41, 5.74) is 1.12. The van der Waals surface area contributed by atoms with Gasteiger partial charge in [-0.05, 0) is 35.0 Å². The molecule has 0 saturated carbocycles. The van der Waals surface area contributed by atoms with Gasteiger partial charge in [-0.1, -0.05) is 0 Å². The summed E-state index contributed by atoms with van der Waals surface area (Å²) < 4.78 is 6.18. The molecule has 0 fully saturated rings. The first-order valence-corrected chi connectivity index (χ1v) is 6.00. The molecule has 0 saturated heterocycles. The van der Waals surface area contributed by atoms with Crippen LogP contribution in [0.1, 0.15) is 17.3 Å². The van der Waals surface area contributed by atoms with Crippen molar-refractivity contribution in [2.45, 2.75) is 6.92 Å². The molecule has 0 aromatic heterocycles. The number of ether oxygens (including phenoxy) is 1. The molecule has 0 heterocycles. The van der Waals surface area contributed by atoms with E-state index in [1.165, 1.54) is 0 Å². The molecule has 1 aromatic carbocycles. The highest BCUT2D eigenvalue weighted by Crippen LogP contribution is 2.32. The van der Waals surface area contributed by atoms with Crippen molar-refractivity contribution < 1.29 is 9.53 Å². The van der Waals surface area contributed by atoms with Gasteiger partial charge in [-0.2, -0.15) is 0 Å². The lowest BCUT2D eigenvalue weighted by molar-refractivity contribution is 0.112.